The van der Waals surface area contributed by atoms with Crippen LogP contribution in [0.5, 0.6) is 0 Å². The van der Waals surface area contributed by atoms with Gasteiger partial charge in [0.05, 0.1) is 24.9 Å². The summed E-state index contributed by atoms with van der Waals surface area (Å²) in [6.07, 6.45) is 13.3. The Morgan fingerprint density at radius 1 is 1.00 bits per heavy atom. The van der Waals surface area contributed by atoms with Crippen molar-refractivity contribution in [1.82, 2.24) is 5.32 Å². The number of unbranched alkanes of at least 4 members (excludes halogenated alkanes) is 8. The highest BCUT2D eigenvalue weighted by atomic mass is 16.6. The standard InChI is InChI=1S/C23H45NO5/c1-5-6-7-8-9-10-11-12-13-14-15-19(26)16-17-21(27)20(18-25)24-22(28)29-23(2,3)4/h14-15,19-21,25-27H,5-13,16-18H2,1-4H3,(H,24,28)/b15-14-/t19-,20+,21+/m0/s1. The molecule has 0 radical (unpaired) electrons. The number of carbonyl (C=O) groups excluding carboxylic acids is 1. The van der Waals surface area contributed by atoms with E-state index >= 15 is 0 Å². The number of alkyl carbamates (subject to hydrolysis) is 1. The third-order valence-electron chi connectivity index (χ3n) is 4.70. The van der Waals surface area contributed by atoms with Gasteiger partial charge < -0.3 is 25.4 Å². The molecular formula is C23H45NO5. The van der Waals surface area contributed by atoms with Gasteiger partial charge in [0.25, 0.3) is 0 Å². The van der Waals surface area contributed by atoms with Gasteiger partial charge in [0.15, 0.2) is 0 Å². The number of carbonyl (C=O) groups is 1. The molecule has 29 heavy (non-hydrogen) atoms. The van der Waals surface area contributed by atoms with Gasteiger partial charge in [-0.15, -0.1) is 0 Å². The van der Waals surface area contributed by atoms with E-state index in [9.17, 15) is 20.1 Å². The second-order valence-electron chi connectivity index (χ2n) is 8.84. The van der Waals surface area contributed by atoms with Crippen molar-refractivity contribution in [2.75, 3.05) is 6.61 Å². The smallest absolute Gasteiger partial charge is 0.408 e. The van der Waals surface area contributed by atoms with Crippen LogP contribution < -0.4 is 5.32 Å². The van der Waals surface area contributed by atoms with Gasteiger partial charge in [-0.2, -0.15) is 0 Å². The Morgan fingerprint density at radius 3 is 2.14 bits per heavy atom. The highest BCUT2D eigenvalue weighted by molar-refractivity contribution is 5.68. The van der Waals surface area contributed by atoms with E-state index in [1.54, 1.807) is 26.8 Å². The Bertz CT molecular complexity index is 433. The van der Waals surface area contributed by atoms with Crippen LogP contribution >= 0.6 is 0 Å². The largest absolute Gasteiger partial charge is 0.444 e. The highest BCUT2D eigenvalue weighted by Crippen LogP contribution is 2.12. The van der Waals surface area contributed by atoms with Crippen molar-refractivity contribution < 1.29 is 24.9 Å². The SMILES string of the molecule is CCCCCCCCCC/C=C\[C@H](O)CC[C@@H](O)[C@@H](CO)NC(=O)OC(C)(C)C. The molecule has 0 aromatic carbocycles. The number of aliphatic hydroxyl groups is 3. The fourth-order valence-corrected chi connectivity index (χ4v) is 3.01. The van der Waals surface area contributed by atoms with E-state index in [4.69, 9.17) is 4.74 Å². The molecule has 0 unspecified atom stereocenters. The fraction of sp³-hybridized carbons (Fsp3) is 0.870. The summed E-state index contributed by atoms with van der Waals surface area (Å²) < 4.78 is 5.13. The van der Waals surface area contributed by atoms with Crippen molar-refractivity contribution in [3.05, 3.63) is 12.2 Å². The third-order valence-corrected chi connectivity index (χ3v) is 4.70. The molecule has 0 aromatic heterocycles. The van der Waals surface area contributed by atoms with Crippen molar-refractivity contribution in [1.29, 1.82) is 0 Å². The van der Waals surface area contributed by atoms with Crippen LogP contribution in [-0.2, 0) is 4.74 Å². The Labute approximate surface area is 177 Å². The fourth-order valence-electron chi connectivity index (χ4n) is 3.01. The normalized spacial score (nSPS) is 15.3. The van der Waals surface area contributed by atoms with Gasteiger partial charge in [0.1, 0.15) is 5.60 Å². The highest BCUT2D eigenvalue weighted by Gasteiger charge is 2.24. The second kappa shape index (κ2) is 16.7. The van der Waals surface area contributed by atoms with Gasteiger partial charge >= 0.3 is 6.09 Å². The first-order valence-corrected chi connectivity index (χ1v) is 11.3. The lowest BCUT2D eigenvalue weighted by Gasteiger charge is -2.25. The lowest BCUT2D eigenvalue weighted by atomic mass is 10.0. The van der Waals surface area contributed by atoms with Crippen molar-refractivity contribution >= 4 is 6.09 Å². The summed E-state index contributed by atoms with van der Waals surface area (Å²) in [5, 5.41) is 32.1. The minimum Gasteiger partial charge on any atom is -0.444 e. The Hall–Kier alpha value is -1.11. The molecule has 0 aliphatic heterocycles. The summed E-state index contributed by atoms with van der Waals surface area (Å²) in [7, 11) is 0. The lowest BCUT2D eigenvalue weighted by Crippen LogP contribution is -2.47. The van der Waals surface area contributed by atoms with Crippen molar-refractivity contribution in [3.8, 4) is 0 Å². The lowest BCUT2D eigenvalue weighted by molar-refractivity contribution is 0.0316. The molecule has 0 rings (SSSR count). The predicted octanol–water partition coefficient (Wildman–Crippen LogP) is 4.46. The number of hydrogen-bond acceptors (Lipinski definition) is 5. The summed E-state index contributed by atoms with van der Waals surface area (Å²) in [6, 6.07) is -0.821. The summed E-state index contributed by atoms with van der Waals surface area (Å²) >= 11 is 0. The maximum Gasteiger partial charge on any atom is 0.408 e. The average Bonchev–Trinajstić information content (AvgIpc) is 2.64. The molecule has 0 aliphatic carbocycles. The summed E-state index contributed by atoms with van der Waals surface area (Å²) in [6.45, 7) is 7.06. The topological polar surface area (TPSA) is 99.0 Å². The Morgan fingerprint density at radius 2 is 1.59 bits per heavy atom. The monoisotopic (exact) mass is 415 g/mol. The van der Waals surface area contributed by atoms with Gasteiger partial charge in [-0.1, -0.05) is 64.0 Å². The zero-order valence-electron chi connectivity index (χ0n) is 19.0. The molecule has 0 saturated carbocycles. The van der Waals surface area contributed by atoms with Gasteiger partial charge in [0, 0.05) is 0 Å². The van der Waals surface area contributed by atoms with Crippen molar-refractivity contribution in [2.24, 2.45) is 0 Å². The van der Waals surface area contributed by atoms with Crippen LogP contribution in [0.15, 0.2) is 12.2 Å². The summed E-state index contributed by atoms with van der Waals surface area (Å²) in [4.78, 5) is 11.8. The van der Waals surface area contributed by atoms with E-state index in [0.29, 0.717) is 6.42 Å². The number of hydrogen-bond donors (Lipinski definition) is 4. The zero-order chi connectivity index (χ0) is 22.1. The van der Waals surface area contributed by atoms with E-state index in [1.165, 1.54) is 44.9 Å². The maximum absolute atomic E-state index is 11.8. The molecule has 6 heteroatoms. The Balaban J connectivity index is 3.93. The number of rotatable bonds is 16. The van der Waals surface area contributed by atoms with E-state index in [-0.39, 0.29) is 6.42 Å². The third kappa shape index (κ3) is 17.5. The number of amides is 1. The van der Waals surface area contributed by atoms with Crippen molar-refractivity contribution in [2.45, 2.75) is 122 Å². The Kier molecular flexibility index (Phi) is 16.0. The molecule has 0 heterocycles. The second-order valence-corrected chi connectivity index (χ2v) is 8.84. The molecule has 0 spiro atoms. The first kappa shape index (κ1) is 27.9. The molecule has 0 fully saturated rings. The van der Waals surface area contributed by atoms with E-state index < -0.39 is 36.6 Å². The van der Waals surface area contributed by atoms with Crippen LogP contribution in [0.4, 0.5) is 4.79 Å². The first-order chi connectivity index (χ1) is 13.7. The van der Waals surface area contributed by atoms with Gasteiger partial charge in [-0.3, -0.25) is 0 Å². The molecule has 0 saturated heterocycles. The van der Waals surface area contributed by atoms with Gasteiger partial charge in [-0.25, -0.2) is 4.79 Å². The van der Waals surface area contributed by atoms with Crippen LogP contribution in [0.25, 0.3) is 0 Å². The molecule has 1 amide bonds. The molecule has 3 atom stereocenters. The molecule has 4 N–H and O–H groups in total. The molecule has 0 bridgehead atoms. The molecule has 0 aliphatic rings. The van der Waals surface area contributed by atoms with Crippen LogP contribution in [0, 0.1) is 0 Å². The maximum atomic E-state index is 11.8. The van der Waals surface area contributed by atoms with Crippen molar-refractivity contribution in [3.63, 3.8) is 0 Å². The molecular weight excluding hydrogens is 370 g/mol. The summed E-state index contributed by atoms with van der Waals surface area (Å²) in [5.74, 6) is 0. The molecule has 0 aromatic rings. The number of nitrogens with one attached hydrogen (secondary N) is 1. The van der Waals surface area contributed by atoms with Crippen LogP contribution in [0.2, 0.25) is 0 Å². The summed E-state index contributed by atoms with van der Waals surface area (Å²) in [5.41, 5.74) is -0.648. The zero-order valence-corrected chi connectivity index (χ0v) is 19.0. The number of allylic oxidation sites excluding steroid dienone is 1. The van der Waals surface area contributed by atoms with Crippen LogP contribution in [0.1, 0.15) is 98.3 Å². The number of ether oxygens (including phenoxy) is 1. The number of aliphatic hydroxyl groups excluding tert-OH is 3. The van der Waals surface area contributed by atoms with E-state index in [2.05, 4.69) is 12.2 Å². The molecule has 172 valence electrons. The van der Waals surface area contributed by atoms with E-state index in [0.717, 1.165) is 12.8 Å². The van der Waals surface area contributed by atoms with Gasteiger partial charge in [0.2, 0.25) is 0 Å². The van der Waals surface area contributed by atoms with Crippen LogP contribution in [0.3, 0.4) is 0 Å². The minimum absolute atomic E-state index is 0.268. The average molecular weight is 416 g/mol. The van der Waals surface area contributed by atoms with Crippen LogP contribution in [-0.4, -0.2) is 51.9 Å². The van der Waals surface area contributed by atoms with Gasteiger partial charge in [-0.05, 0) is 46.5 Å². The predicted molar refractivity (Wildman–Crippen MR) is 118 cm³/mol. The molecule has 6 nitrogen and oxygen atoms in total. The minimum atomic E-state index is -0.955. The quantitative estimate of drug-likeness (QED) is 0.220. The first-order valence-electron chi connectivity index (χ1n) is 11.3. The van der Waals surface area contributed by atoms with E-state index in [1.807, 2.05) is 6.08 Å².